The summed E-state index contributed by atoms with van der Waals surface area (Å²) in [6.07, 6.45) is 1.81. The van der Waals surface area contributed by atoms with E-state index in [2.05, 4.69) is 30.9 Å². The van der Waals surface area contributed by atoms with Gasteiger partial charge in [-0.25, -0.2) is 4.68 Å². The third-order valence-corrected chi connectivity index (χ3v) is 4.77. The number of phenolic OH excluding ortho intramolecular Hbond substituents is 1. The fourth-order valence-electron chi connectivity index (χ4n) is 3.38. The Morgan fingerprint density at radius 2 is 1.57 bits per heavy atom. The van der Waals surface area contributed by atoms with Crippen molar-refractivity contribution in [2.45, 2.75) is 0 Å². The quantitative estimate of drug-likeness (QED) is 0.641. The average Bonchev–Trinajstić information content (AvgIpc) is 3.51. The minimum Gasteiger partial charge on any atom is -0.506 e. The summed E-state index contributed by atoms with van der Waals surface area (Å²) in [7, 11) is 0. The normalized spacial score (nSPS) is 15.7. The summed E-state index contributed by atoms with van der Waals surface area (Å²) >= 11 is 0. The molecular weight excluding hydrogens is 354 g/mol. The number of aromatic hydroxyl groups is 1. The lowest BCUT2D eigenvalue weighted by molar-refractivity contribution is 0.469. The summed E-state index contributed by atoms with van der Waals surface area (Å²) in [5, 5.41) is 25.4. The summed E-state index contributed by atoms with van der Waals surface area (Å²) in [5.41, 5.74) is 4.17. The maximum atomic E-state index is 10.3. The van der Waals surface area contributed by atoms with Crippen molar-refractivity contribution in [1.82, 2.24) is 25.6 Å². The molecule has 0 aliphatic carbocycles. The first kappa shape index (κ1) is 16.5. The van der Waals surface area contributed by atoms with E-state index in [1.165, 1.54) is 0 Å². The molecule has 0 fully saturated rings. The second kappa shape index (κ2) is 6.80. The van der Waals surface area contributed by atoms with Gasteiger partial charge in [0, 0.05) is 29.8 Å². The van der Waals surface area contributed by atoms with E-state index in [9.17, 15) is 5.11 Å². The first-order valence-corrected chi connectivity index (χ1v) is 9.21. The minimum atomic E-state index is 0.136. The Hall–Kier alpha value is -3.68. The van der Waals surface area contributed by atoms with Crippen molar-refractivity contribution in [3.05, 3.63) is 59.8 Å². The van der Waals surface area contributed by atoms with E-state index in [-0.39, 0.29) is 5.75 Å². The van der Waals surface area contributed by atoms with Crippen LogP contribution in [0.4, 0.5) is 0 Å². The molecule has 28 heavy (non-hydrogen) atoms. The van der Waals surface area contributed by atoms with Crippen molar-refractivity contribution in [3.8, 4) is 22.7 Å². The van der Waals surface area contributed by atoms with Gasteiger partial charge in [-0.1, -0.05) is 23.4 Å². The van der Waals surface area contributed by atoms with Gasteiger partial charge in [0.05, 0.1) is 19.3 Å². The minimum absolute atomic E-state index is 0.136. The lowest BCUT2D eigenvalue weighted by atomic mass is 10.1. The zero-order valence-electron chi connectivity index (χ0n) is 15.1. The van der Waals surface area contributed by atoms with Crippen molar-refractivity contribution in [2.24, 2.45) is 9.98 Å². The summed E-state index contributed by atoms with van der Waals surface area (Å²) in [6, 6.07) is 13.4. The predicted molar refractivity (Wildman–Crippen MR) is 107 cm³/mol. The van der Waals surface area contributed by atoms with Crippen molar-refractivity contribution in [2.75, 3.05) is 26.2 Å². The Bertz CT molecular complexity index is 1100. The molecule has 0 saturated heterocycles. The highest BCUT2D eigenvalue weighted by molar-refractivity contribution is 6.01. The van der Waals surface area contributed by atoms with Gasteiger partial charge in [-0.2, -0.15) is 0 Å². The number of rotatable bonds is 4. The largest absolute Gasteiger partial charge is 0.506 e. The van der Waals surface area contributed by atoms with Gasteiger partial charge in [0.2, 0.25) is 0 Å². The van der Waals surface area contributed by atoms with Gasteiger partial charge < -0.3 is 15.7 Å². The fraction of sp³-hybridized carbons (Fsp3) is 0.200. The van der Waals surface area contributed by atoms with Crippen LogP contribution in [0.1, 0.15) is 11.1 Å². The van der Waals surface area contributed by atoms with Gasteiger partial charge in [-0.3, -0.25) is 9.98 Å². The molecule has 140 valence electrons. The first-order valence-electron chi connectivity index (χ1n) is 9.21. The molecule has 1 aromatic heterocycles. The SMILES string of the molecule is Oc1ccc(C2=NCCN2)cc1-n1cc(-c2cccc(C3=NCCN3)c2)nn1. The number of amidine groups is 2. The van der Waals surface area contributed by atoms with E-state index in [0.717, 1.165) is 60.2 Å². The molecule has 3 aromatic rings. The van der Waals surface area contributed by atoms with Gasteiger partial charge in [-0.15, -0.1) is 5.10 Å². The van der Waals surface area contributed by atoms with Crippen LogP contribution in [-0.4, -0.2) is 58.0 Å². The molecule has 3 N–H and O–H groups in total. The average molecular weight is 373 g/mol. The van der Waals surface area contributed by atoms with Gasteiger partial charge in [0.15, 0.2) is 0 Å². The third kappa shape index (κ3) is 2.98. The van der Waals surface area contributed by atoms with E-state index >= 15 is 0 Å². The van der Waals surface area contributed by atoms with E-state index in [1.54, 1.807) is 10.7 Å². The summed E-state index contributed by atoms with van der Waals surface area (Å²) in [6.45, 7) is 3.25. The maximum absolute atomic E-state index is 10.3. The Morgan fingerprint density at radius 3 is 2.29 bits per heavy atom. The van der Waals surface area contributed by atoms with Crippen molar-refractivity contribution < 1.29 is 5.11 Å². The summed E-state index contributed by atoms with van der Waals surface area (Å²) < 4.78 is 1.59. The first-order chi connectivity index (χ1) is 13.8. The molecule has 8 heteroatoms. The molecule has 0 bridgehead atoms. The lowest BCUT2D eigenvalue weighted by Gasteiger charge is -2.08. The molecule has 8 nitrogen and oxygen atoms in total. The number of hydrogen-bond acceptors (Lipinski definition) is 7. The highest BCUT2D eigenvalue weighted by atomic mass is 16.3. The summed E-state index contributed by atoms with van der Waals surface area (Å²) in [5.74, 6) is 1.88. The molecule has 5 rings (SSSR count). The molecule has 3 heterocycles. The second-order valence-electron chi connectivity index (χ2n) is 6.65. The van der Waals surface area contributed by atoms with Crippen LogP contribution in [0, 0.1) is 0 Å². The van der Waals surface area contributed by atoms with E-state index < -0.39 is 0 Å². The van der Waals surface area contributed by atoms with Crippen LogP contribution < -0.4 is 10.6 Å². The van der Waals surface area contributed by atoms with Crippen LogP contribution in [0.25, 0.3) is 16.9 Å². The number of benzene rings is 2. The molecule has 0 amide bonds. The van der Waals surface area contributed by atoms with E-state index in [4.69, 9.17) is 0 Å². The number of nitrogens with one attached hydrogen (secondary N) is 2. The molecular formula is C20H19N7O. The molecule has 0 atom stereocenters. The topological polar surface area (TPSA) is 99.7 Å². The molecule has 2 aliphatic heterocycles. The standard InChI is InChI=1S/C20H19N7O/c28-18-5-4-15(20-23-8-9-24-20)11-17(18)27-12-16(25-26-27)13-2-1-3-14(10-13)19-21-6-7-22-19/h1-5,10-12,28H,6-9H2,(H,21,22)(H,23,24). The van der Waals surface area contributed by atoms with Gasteiger partial charge in [0.25, 0.3) is 0 Å². The highest BCUT2D eigenvalue weighted by Gasteiger charge is 2.15. The van der Waals surface area contributed by atoms with E-state index in [0.29, 0.717) is 5.69 Å². The highest BCUT2D eigenvalue weighted by Crippen LogP contribution is 2.25. The smallest absolute Gasteiger partial charge is 0.141 e. The van der Waals surface area contributed by atoms with Gasteiger partial charge >= 0.3 is 0 Å². The maximum Gasteiger partial charge on any atom is 0.141 e. The predicted octanol–water partition coefficient (Wildman–Crippen LogP) is 1.34. The molecule has 0 saturated carbocycles. The number of aliphatic imine (C=N–C) groups is 2. The Morgan fingerprint density at radius 1 is 0.857 bits per heavy atom. The Labute approximate surface area is 161 Å². The zero-order valence-corrected chi connectivity index (χ0v) is 15.1. The molecule has 2 aliphatic rings. The van der Waals surface area contributed by atoms with Crippen molar-refractivity contribution in [3.63, 3.8) is 0 Å². The molecule has 0 radical (unpaired) electrons. The Balaban J connectivity index is 1.48. The number of phenols is 1. The molecule has 2 aromatic carbocycles. The van der Waals surface area contributed by atoms with Crippen LogP contribution in [0.2, 0.25) is 0 Å². The fourth-order valence-corrected chi connectivity index (χ4v) is 3.38. The molecule has 0 spiro atoms. The number of nitrogens with zero attached hydrogens (tertiary/aromatic N) is 5. The molecule has 0 unspecified atom stereocenters. The second-order valence-corrected chi connectivity index (χ2v) is 6.65. The van der Waals surface area contributed by atoms with Crippen LogP contribution in [0.15, 0.2) is 58.6 Å². The van der Waals surface area contributed by atoms with E-state index in [1.807, 2.05) is 42.6 Å². The lowest BCUT2D eigenvalue weighted by Crippen LogP contribution is -2.19. The monoisotopic (exact) mass is 373 g/mol. The van der Waals surface area contributed by atoms with Crippen molar-refractivity contribution in [1.29, 1.82) is 0 Å². The van der Waals surface area contributed by atoms with Gasteiger partial charge in [-0.05, 0) is 24.3 Å². The van der Waals surface area contributed by atoms with Crippen LogP contribution in [0.5, 0.6) is 5.75 Å². The van der Waals surface area contributed by atoms with Crippen LogP contribution in [-0.2, 0) is 0 Å². The van der Waals surface area contributed by atoms with Crippen LogP contribution in [0.3, 0.4) is 0 Å². The Kier molecular flexibility index (Phi) is 4.01. The number of aromatic nitrogens is 3. The van der Waals surface area contributed by atoms with Gasteiger partial charge in [0.1, 0.15) is 28.8 Å². The number of hydrogen-bond donors (Lipinski definition) is 3. The third-order valence-electron chi connectivity index (χ3n) is 4.77. The summed E-state index contributed by atoms with van der Waals surface area (Å²) in [4.78, 5) is 8.90. The van der Waals surface area contributed by atoms with Crippen molar-refractivity contribution >= 4 is 11.7 Å². The van der Waals surface area contributed by atoms with Crippen LogP contribution >= 0.6 is 0 Å². The zero-order chi connectivity index (χ0) is 18.9.